The summed E-state index contributed by atoms with van der Waals surface area (Å²) in [4.78, 5) is 57.7. The van der Waals surface area contributed by atoms with E-state index in [-0.39, 0.29) is 49.8 Å². The molecule has 0 aromatic heterocycles. The average molecular weight is 684 g/mol. The zero-order chi connectivity index (χ0) is 35.1. The molecule has 4 aliphatic heterocycles. The summed E-state index contributed by atoms with van der Waals surface area (Å²) in [6.07, 6.45) is 5.74. The Kier molecular flexibility index (Phi) is 10.4. The molecule has 0 saturated carbocycles. The second-order valence-corrected chi connectivity index (χ2v) is 18.4. The van der Waals surface area contributed by atoms with Crippen LogP contribution in [0.1, 0.15) is 78.7 Å². The highest BCUT2D eigenvalue weighted by Crippen LogP contribution is 2.60. The molecular weight excluding hydrogens is 633 g/mol. The van der Waals surface area contributed by atoms with Gasteiger partial charge in [0.25, 0.3) is 5.91 Å². The maximum atomic E-state index is 16.4. The summed E-state index contributed by atoms with van der Waals surface area (Å²) >= 11 is 0. The van der Waals surface area contributed by atoms with Crippen LogP contribution >= 0.6 is 0 Å². The molecule has 1 unspecified atom stereocenters. The largest absolute Gasteiger partial charge is 0.441 e. The first-order valence-corrected chi connectivity index (χ1v) is 20.1. The molecular formula is C36H50FN3O7Si. The molecule has 0 radical (unpaired) electrons. The number of aliphatic hydroxyl groups excluding tert-OH is 1. The number of amides is 3. The number of carbonyl (C=O) groups is 4. The van der Waals surface area contributed by atoms with Gasteiger partial charge in [-0.15, -0.1) is 0 Å². The number of allylic oxidation sites excluding steroid dienone is 3. The standard InChI is InChI=1S/C36H50FN3O7Si/c1-22(2)10-8-11-23(3)15-17-39-29-14-13-26(40-32(44)20-33(40)46-25(5)42)18-28(29)36(35(39)45)24(4)34(48(6,7)37)30(47-36)19-31(43)38-16-9-12-27(38)21-41/h10,13-15,18,24,27,30,33-34,41H,8-9,11-12,16-17,19-21H2,1-7H3/b23-15+/t24-,27-,30+,33?,34-,36+/m0/s1. The molecule has 12 heteroatoms. The van der Waals surface area contributed by atoms with Crippen molar-refractivity contribution in [3.05, 3.63) is 47.1 Å². The van der Waals surface area contributed by atoms with E-state index < -0.39 is 43.8 Å². The van der Waals surface area contributed by atoms with E-state index in [1.54, 1.807) is 41.1 Å². The van der Waals surface area contributed by atoms with E-state index in [0.29, 0.717) is 29.9 Å². The number of hydrogen-bond acceptors (Lipinski definition) is 7. The van der Waals surface area contributed by atoms with Crippen LogP contribution in [0.2, 0.25) is 18.6 Å². The minimum atomic E-state index is -3.54. The maximum absolute atomic E-state index is 16.4. The Balaban J connectivity index is 1.55. The van der Waals surface area contributed by atoms with Crippen LogP contribution in [0.25, 0.3) is 0 Å². The van der Waals surface area contributed by atoms with E-state index >= 15 is 4.11 Å². The van der Waals surface area contributed by atoms with Gasteiger partial charge in [0, 0.05) is 42.7 Å². The second kappa shape index (κ2) is 13.9. The SMILES string of the molecule is CC(=O)OC1CC(=O)N1c1ccc2c(c1)[C@@]1(O[C@H](CC(=O)N3CCC[C@H]3CO)[C@@H]([Si](C)(C)F)[C@@H]1C)C(=O)N2C/C=C(\C)CCC=C(C)C. The molecule has 262 valence electrons. The van der Waals surface area contributed by atoms with Crippen molar-refractivity contribution in [3.8, 4) is 0 Å². The fourth-order valence-corrected chi connectivity index (χ4v) is 10.6. The van der Waals surface area contributed by atoms with Gasteiger partial charge in [0.2, 0.25) is 20.2 Å². The monoisotopic (exact) mass is 683 g/mol. The molecule has 1 aromatic rings. The second-order valence-electron chi connectivity index (χ2n) is 14.6. The minimum absolute atomic E-state index is 0.0514. The van der Waals surface area contributed by atoms with Crippen molar-refractivity contribution in [1.82, 2.24) is 4.90 Å². The van der Waals surface area contributed by atoms with Crippen LogP contribution in [-0.2, 0) is 34.3 Å². The first-order valence-electron chi connectivity index (χ1n) is 17.1. The Morgan fingerprint density at radius 3 is 2.52 bits per heavy atom. The van der Waals surface area contributed by atoms with Gasteiger partial charge >= 0.3 is 5.97 Å². The number of esters is 1. The number of aliphatic hydroxyl groups is 1. The van der Waals surface area contributed by atoms with Gasteiger partial charge in [0.15, 0.2) is 11.8 Å². The van der Waals surface area contributed by atoms with Crippen LogP contribution in [0.15, 0.2) is 41.5 Å². The summed E-state index contributed by atoms with van der Waals surface area (Å²) in [5.41, 5.74) is 1.66. The predicted molar refractivity (Wildman–Crippen MR) is 183 cm³/mol. The molecule has 6 atom stereocenters. The third-order valence-electron chi connectivity index (χ3n) is 10.4. The van der Waals surface area contributed by atoms with Crippen molar-refractivity contribution in [2.75, 3.05) is 29.5 Å². The summed E-state index contributed by atoms with van der Waals surface area (Å²) < 4.78 is 28.6. The summed E-state index contributed by atoms with van der Waals surface area (Å²) in [6, 6.07) is 4.96. The lowest BCUT2D eigenvalue weighted by Crippen LogP contribution is -2.55. The number of likely N-dealkylation sites (tertiary alicyclic amines) is 1. The molecule has 4 aliphatic rings. The Morgan fingerprint density at radius 2 is 1.90 bits per heavy atom. The van der Waals surface area contributed by atoms with Crippen molar-refractivity contribution in [2.45, 2.75) is 116 Å². The van der Waals surface area contributed by atoms with Crippen LogP contribution in [-0.4, -0.2) is 80.2 Å². The van der Waals surface area contributed by atoms with Gasteiger partial charge in [0.1, 0.15) is 0 Å². The van der Waals surface area contributed by atoms with E-state index in [1.165, 1.54) is 17.4 Å². The van der Waals surface area contributed by atoms with Crippen LogP contribution in [0.3, 0.4) is 0 Å². The summed E-state index contributed by atoms with van der Waals surface area (Å²) in [5, 5.41) is 9.86. The van der Waals surface area contributed by atoms with Gasteiger partial charge in [-0.3, -0.25) is 24.1 Å². The first-order chi connectivity index (χ1) is 22.6. The van der Waals surface area contributed by atoms with E-state index in [9.17, 15) is 24.3 Å². The molecule has 3 fully saturated rings. The number of ether oxygens (including phenoxy) is 2. The Hall–Kier alpha value is -3.35. The molecule has 3 saturated heterocycles. The van der Waals surface area contributed by atoms with Crippen LogP contribution in [0.4, 0.5) is 15.5 Å². The lowest BCUT2D eigenvalue weighted by molar-refractivity contribution is -0.154. The number of β-lactam (4-membered cyclic amide) rings is 1. The van der Waals surface area contributed by atoms with E-state index in [1.807, 2.05) is 19.9 Å². The van der Waals surface area contributed by atoms with Crippen molar-refractivity contribution in [1.29, 1.82) is 0 Å². The quantitative estimate of drug-likeness (QED) is 0.108. The lowest BCUT2D eigenvalue weighted by atomic mass is 9.82. The average Bonchev–Trinajstić information content (AvgIpc) is 3.65. The minimum Gasteiger partial charge on any atom is -0.441 e. The van der Waals surface area contributed by atoms with Crippen molar-refractivity contribution < 1.29 is 37.9 Å². The van der Waals surface area contributed by atoms with Gasteiger partial charge < -0.3 is 28.5 Å². The Labute approximate surface area is 284 Å². The fraction of sp³-hybridized carbons (Fsp3) is 0.611. The molecule has 1 spiro atoms. The summed E-state index contributed by atoms with van der Waals surface area (Å²) in [6.45, 7) is 13.1. The van der Waals surface area contributed by atoms with Gasteiger partial charge in [-0.2, -0.15) is 0 Å². The van der Waals surface area contributed by atoms with E-state index in [4.69, 9.17) is 9.47 Å². The Morgan fingerprint density at radius 1 is 1.17 bits per heavy atom. The maximum Gasteiger partial charge on any atom is 0.304 e. The van der Waals surface area contributed by atoms with Crippen LogP contribution in [0, 0.1) is 5.92 Å². The van der Waals surface area contributed by atoms with Gasteiger partial charge in [-0.25, -0.2) is 0 Å². The van der Waals surface area contributed by atoms with Crippen LogP contribution in [0.5, 0.6) is 0 Å². The zero-order valence-corrected chi connectivity index (χ0v) is 30.3. The Bertz CT molecular complexity index is 1520. The zero-order valence-electron chi connectivity index (χ0n) is 29.3. The highest BCUT2D eigenvalue weighted by atomic mass is 28.4. The topological polar surface area (TPSA) is 117 Å². The molecule has 10 nitrogen and oxygen atoms in total. The van der Waals surface area contributed by atoms with Gasteiger partial charge in [-0.05, 0) is 77.7 Å². The molecule has 5 rings (SSSR count). The van der Waals surface area contributed by atoms with Crippen LogP contribution < -0.4 is 9.80 Å². The number of hydrogen-bond donors (Lipinski definition) is 1. The molecule has 3 amide bonds. The highest BCUT2D eigenvalue weighted by molar-refractivity contribution is 6.72. The number of anilines is 2. The predicted octanol–water partition coefficient (Wildman–Crippen LogP) is 5.50. The third-order valence-corrected chi connectivity index (χ3v) is 12.9. The smallest absolute Gasteiger partial charge is 0.304 e. The lowest BCUT2D eigenvalue weighted by Gasteiger charge is -2.39. The van der Waals surface area contributed by atoms with Crippen molar-refractivity contribution in [3.63, 3.8) is 0 Å². The van der Waals surface area contributed by atoms with Crippen molar-refractivity contribution in [2.24, 2.45) is 5.92 Å². The molecule has 0 aliphatic carbocycles. The summed E-state index contributed by atoms with van der Waals surface area (Å²) in [5.74, 6) is -1.91. The number of halogens is 1. The number of nitrogens with zero attached hydrogens (tertiary/aromatic N) is 3. The highest BCUT2D eigenvalue weighted by Gasteiger charge is 2.67. The number of fused-ring (bicyclic) bond motifs is 2. The van der Waals surface area contributed by atoms with E-state index in [0.717, 1.165) is 24.8 Å². The number of rotatable bonds is 11. The molecule has 1 aromatic carbocycles. The number of benzene rings is 1. The van der Waals surface area contributed by atoms with Gasteiger partial charge in [-0.1, -0.05) is 30.2 Å². The fourth-order valence-electron chi connectivity index (χ4n) is 8.13. The normalized spacial score (nSPS) is 28.6. The summed E-state index contributed by atoms with van der Waals surface area (Å²) in [7, 11) is -3.54. The molecule has 0 bridgehead atoms. The molecule has 1 N–H and O–H groups in total. The molecule has 4 heterocycles. The van der Waals surface area contributed by atoms with Crippen molar-refractivity contribution >= 4 is 43.5 Å². The first kappa shape index (κ1) is 35.9. The molecule has 48 heavy (non-hydrogen) atoms. The van der Waals surface area contributed by atoms with Gasteiger partial charge in [0.05, 0.1) is 37.3 Å². The van der Waals surface area contributed by atoms with E-state index in [2.05, 4.69) is 19.9 Å². The number of carbonyl (C=O) groups excluding carboxylic acids is 4. The third kappa shape index (κ3) is 6.63.